The van der Waals surface area contributed by atoms with Gasteiger partial charge in [0.05, 0.1) is 6.61 Å². The molecule has 1 unspecified atom stereocenters. The third kappa shape index (κ3) is 5.10. The fraction of sp³-hybridized carbons (Fsp3) is 0.200. The molecule has 0 bridgehead atoms. The van der Waals surface area contributed by atoms with E-state index in [4.69, 9.17) is 9.47 Å². The number of benzene rings is 4. The lowest BCUT2D eigenvalue weighted by atomic mass is 10.0. The number of aryl methyl sites for hydroxylation is 1. The summed E-state index contributed by atoms with van der Waals surface area (Å²) in [6.45, 7) is 2.74. The molecule has 0 radical (unpaired) electrons. The van der Waals surface area contributed by atoms with E-state index in [0.29, 0.717) is 17.7 Å². The summed E-state index contributed by atoms with van der Waals surface area (Å²) >= 11 is 0. The van der Waals surface area contributed by atoms with Gasteiger partial charge in [-0.2, -0.15) is 4.39 Å². The SMILES string of the molecule is CCCc1ccc(-c2ccc(OCc3ccc(-c4ccc(C5CO5)c(F)c4)cc3)c(F)c2F)cc1. The van der Waals surface area contributed by atoms with Crippen molar-refractivity contribution in [3.8, 4) is 28.0 Å². The van der Waals surface area contributed by atoms with E-state index in [0.717, 1.165) is 35.1 Å². The fourth-order valence-electron chi connectivity index (χ4n) is 4.16. The highest BCUT2D eigenvalue weighted by Crippen LogP contribution is 2.34. The maximum atomic E-state index is 14.8. The van der Waals surface area contributed by atoms with Gasteiger partial charge in [0, 0.05) is 11.1 Å². The van der Waals surface area contributed by atoms with Crippen LogP contribution in [0.3, 0.4) is 0 Å². The van der Waals surface area contributed by atoms with E-state index >= 15 is 0 Å². The van der Waals surface area contributed by atoms with Crippen molar-refractivity contribution in [1.82, 2.24) is 0 Å². The number of ether oxygens (including phenoxy) is 2. The summed E-state index contributed by atoms with van der Waals surface area (Å²) in [5.74, 6) is -2.36. The van der Waals surface area contributed by atoms with Gasteiger partial charge in [-0.3, -0.25) is 0 Å². The molecular formula is C30H25F3O2. The molecule has 4 aromatic carbocycles. The molecule has 0 N–H and O–H groups in total. The van der Waals surface area contributed by atoms with Crippen LogP contribution in [0.1, 0.15) is 36.1 Å². The van der Waals surface area contributed by atoms with Crippen LogP contribution < -0.4 is 4.74 Å². The molecule has 0 aliphatic carbocycles. The Morgan fingerprint density at radius 2 is 1.43 bits per heavy atom. The predicted octanol–water partition coefficient (Wildman–Crippen LogP) is 8.04. The van der Waals surface area contributed by atoms with Crippen molar-refractivity contribution in [3.63, 3.8) is 0 Å². The van der Waals surface area contributed by atoms with Crippen LogP contribution in [0.5, 0.6) is 5.75 Å². The zero-order valence-corrected chi connectivity index (χ0v) is 19.4. The molecule has 0 saturated carbocycles. The van der Waals surface area contributed by atoms with Gasteiger partial charge in [-0.1, -0.05) is 74.0 Å². The van der Waals surface area contributed by atoms with Gasteiger partial charge in [0.15, 0.2) is 11.6 Å². The number of hydrogen-bond acceptors (Lipinski definition) is 2. The number of hydrogen-bond donors (Lipinski definition) is 0. The smallest absolute Gasteiger partial charge is 0.201 e. The normalized spacial score (nSPS) is 14.7. The highest BCUT2D eigenvalue weighted by molar-refractivity contribution is 5.66. The number of halogens is 3. The number of rotatable bonds is 8. The van der Waals surface area contributed by atoms with Crippen molar-refractivity contribution in [2.45, 2.75) is 32.5 Å². The molecule has 1 heterocycles. The molecule has 1 fully saturated rings. The first-order valence-corrected chi connectivity index (χ1v) is 11.7. The van der Waals surface area contributed by atoms with Crippen LogP contribution in [0.4, 0.5) is 13.2 Å². The van der Waals surface area contributed by atoms with Gasteiger partial charge in [-0.05, 0) is 52.4 Å². The van der Waals surface area contributed by atoms with Crippen molar-refractivity contribution in [1.29, 1.82) is 0 Å². The summed E-state index contributed by atoms with van der Waals surface area (Å²) < 4.78 is 54.5. The minimum absolute atomic E-state index is 0.0774. The first kappa shape index (κ1) is 23.2. The van der Waals surface area contributed by atoms with Crippen LogP contribution in [-0.2, 0) is 17.8 Å². The molecule has 2 nitrogen and oxygen atoms in total. The van der Waals surface area contributed by atoms with Crippen LogP contribution in [0, 0.1) is 17.5 Å². The Kier molecular flexibility index (Phi) is 6.60. The van der Waals surface area contributed by atoms with E-state index in [1.54, 1.807) is 6.07 Å². The molecule has 178 valence electrons. The highest BCUT2D eigenvalue weighted by atomic mass is 19.2. The van der Waals surface area contributed by atoms with Gasteiger partial charge in [-0.25, -0.2) is 8.78 Å². The first-order chi connectivity index (χ1) is 17.0. The first-order valence-electron chi connectivity index (χ1n) is 11.7. The van der Waals surface area contributed by atoms with Crippen LogP contribution in [-0.4, -0.2) is 6.61 Å². The standard InChI is InChI=1S/C30H25F3O2/c1-2-3-19-4-10-22(11-5-19)24-14-15-27(30(33)29(24)32)34-17-20-6-8-21(9-7-20)23-12-13-25(26(31)16-23)28-18-35-28/h4-16,28H,2-3,17-18H2,1H3. The molecule has 0 aromatic heterocycles. The fourth-order valence-corrected chi connectivity index (χ4v) is 4.16. The van der Waals surface area contributed by atoms with E-state index in [1.165, 1.54) is 18.2 Å². The van der Waals surface area contributed by atoms with Gasteiger partial charge in [0.1, 0.15) is 18.5 Å². The minimum Gasteiger partial charge on any atom is -0.486 e. The van der Waals surface area contributed by atoms with E-state index in [1.807, 2.05) is 54.6 Å². The predicted molar refractivity (Wildman–Crippen MR) is 131 cm³/mol. The van der Waals surface area contributed by atoms with Gasteiger partial charge >= 0.3 is 0 Å². The highest BCUT2D eigenvalue weighted by Gasteiger charge is 2.27. The Labute approximate surface area is 203 Å². The molecule has 1 atom stereocenters. The summed E-state index contributed by atoms with van der Waals surface area (Å²) in [4.78, 5) is 0. The quantitative estimate of drug-likeness (QED) is 0.241. The zero-order chi connectivity index (χ0) is 24.4. The Hall–Kier alpha value is -3.57. The summed E-state index contributed by atoms with van der Waals surface area (Å²) in [5, 5.41) is 0. The summed E-state index contributed by atoms with van der Waals surface area (Å²) in [6, 6.07) is 23.0. The van der Waals surface area contributed by atoms with Gasteiger partial charge in [0.2, 0.25) is 5.82 Å². The maximum absolute atomic E-state index is 14.8. The Morgan fingerprint density at radius 3 is 2.09 bits per heavy atom. The minimum atomic E-state index is -1.01. The van der Waals surface area contributed by atoms with Crippen molar-refractivity contribution in [3.05, 3.63) is 113 Å². The van der Waals surface area contributed by atoms with Crippen LogP contribution in [0.15, 0.2) is 78.9 Å². The molecule has 4 aromatic rings. The maximum Gasteiger partial charge on any atom is 0.201 e. The zero-order valence-electron chi connectivity index (χ0n) is 19.4. The van der Waals surface area contributed by atoms with Crippen LogP contribution in [0.2, 0.25) is 0 Å². The molecule has 0 amide bonds. The van der Waals surface area contributed by atoms with Crippen molar-refractivity contribution >= 4 is 0 Å². The van der Waals surface area contributed by atoms with E-state index < -0.39 is 11.6 Å². The second-order valence-corrected chi connectivity index (χ2v) is 8.73. The second kappa shape index (κ2) is 9.96. The molecule has 1 saturated heterocycles. The van der Waals surface area contributed by atoms with E-state index in [-0.39, 0.29) is 29.8 Å². The van der Waals surface area contributed by atoms with E-state index in [2.05, 4.69) is 6.92 Å². The summed E-state index contributed by atoms with van der Waals surface area (Å²) in [7, 11) is 0. The summed E-state index contributed by atoms with van der Waals surface area (Å²) in [5.41, 5.74) is 4.96. The second-order valence-electron chi connectivity index (χ2n) is 8.73. The Bertz CT molecular complexity index is 1330. The van der Waals surface area contributed by atoms with Crippen molar-refractivity contribution in [2.24, 2.45) is 0 Å². The van der Waals surface area contributed by atoms with Gasteiger partial charge in [0.25, 0.3) is 0 Å². The lowest BCUT2D eigenvalue weighted by molar-refractivity contribution is 0.285. The average molecular weight is 475 g/mol. The number of epoxide rings is 1. The molecule has 0 spiro atoms. The van der Waals surface area contributed by atoms with Crippen molar-refractivity contribution in [2.75, 3.05) is 6.61 Å². The van der Waals surface area contributed by atoms with Crippen LogP contribution >= 0.6 is 0 Å². The topological polar surface area (TPSA) is 21.8 Å². The van der Waals surface area contributed by atoms with Crippen LogP contribution in [0.25, 0.3) is 22.3 Å². The Balaban J connectivity index is 1.26. The Morgan fingerprint density at radius 1 is 0.771 bits per heavy atom. The molecular weight excluding hydrogens is 449 g/mol. The molecule has 35 heavy (non-hydrogen) atoms. The molecule has 1 aliphatic rings. The lowest BCUT2D eigenvalue weighted by Gasteiger charge is -2.12. The van der Waals surface area contributed by atoms with Gasteiger partial charge in [-0.15, -0.1) is 0 Å². The monoisotopic (exact) mass is 474 g/mol. The largest absolute Gasteiger partial charge is 0.486 e. The van der Waals surface area contributed by atoms with Crippen molar-refractivity contribution < 1.29 is 22.6 Å². The molecule has 5 heteroatoms. The summed E-state index contributed by atoms with van der Waals surface area (Å²) in [6.07, 6.45) is 1.84. The van der Waals surface area contributed by atoms with E-state index in [9.17, 15) is 13.2 Å². The lowest BCUT2D eigenvalue weighted by Crippen LogP contribution is -2.00. The third-order valence-corrected chi connectivity index (χ3v) is 6.21. The molecule has 5 rings (SSSR count). The average Bonchev–Trinajstić information content (AvgIpc) is 3.71. The van der Waals surface area contributed by atoms with Gasteiger partial charge < -0.3 is 9.47 Å². The third-order valence-electron chi connectivity index (χ3n) is 6.21. The molecule has 1 aliphatic heterocycles.